The Balaban J connectivity index is 2.22. The molecule has 0 saturated heterocycles. The van der Waals surface area contributed by atoms with E-state index in [4.69, 9.17) is 17.3 Å². The maximum atomic E-state index is 11.4. The molecule has 1 aromatic carbocycles. The van der Waals surface area contributed by atoms with Crippen molar-refractivity contribution in [1.82, 2.24) is 15.3 Å². The summed E-state index contributed by atoms with van der Waals surface area (Å²) in [5.41, 5.74) is 6.33. The first-order valence-corrected chi connectivity index (χ1v) is 7.76. The molecule has 0 aliphatic rings. The summed E-state index contributed by atoms with van der Waals surface area (Å²) in [4.78, 5) is 19.0. The normalized spacial score (nSPS) is 12.3. The van der Waals surface area contributed by atoms with Crippen LogP contribution in [0.3, 0.4) is 0 Å². The van der Waals surface area contributed by atoms with E-state index in [9.17, 15) is 4.79 Å². The molecule has 1 atom stereocenters. The van der Waals surface area contributed by atoms with E-state index in [-0.39, 0.29) is 17.4 Å². The highest BCUT2D eigenvalue weighted by Crippen LogP contribution is 2.31. The molecule has 2 rings (SSSR count). The van der Waals surface area contributed by atoms with E-state index < -0.39 is 0 Å². The Bertz CT molecular complexity index is 689. The SMILES string of the molecule is CCNC(C)c1ccc(Sc2nc(N)cc(=O)[nH]2)cc1Cl. The number of anilines is 1. The van der Waals surface area contributed by atoms with Crippen LogP contribution in [0.1, 0.15) is 25.5 Å². The lowest BCUT2D eigenvalue weighted by Crippen LogP contribution is -2.17. The lowest BCUT2D eigenvalue weighted by Gasteiger charge is -2.15. The lowest BCUT2D eigenvalue weighted by molar-refractivity contribution is 0.598. The molecule has 4 N–H and O–H groups in total. The summed E-state index contributed by atoms with van der Waals surface area (Å²) in [5, 5.41) is 4.45. The van der Waals surface area contributed by atoms with Crippen molar-refractivity contribution in [2.45, 2.75) is 29.9 Å². The van der Waals surface area contributed by atoms with Crippen LogP contribution in [-0.2, 0) is 0 Å². The molecule has 2 aromatic rings. The number of aromatic nitrogens is 2. The highest BCUT2D eigenvalue weighted by molar-refractivity contribution is 7.99. The quantitative estimate of drug-likeness (QED) is 0.736. The molecule has 1 aromatic heterocycles. The lowest BCUT2D eigenvalue weighted by atomic mass is 10.1. The largest absolute Gasteiger partial charge is 0.383 e. The van der Waals surface area contributed by atoms with Crippen LogP contribution in [0.25, 0.3) is 0 Å². The standard InChI is InChI=1S/C14H17ClN4OS/c1-3-17-8(2)10-5-4-9(6-11(10)15)21-14-18-12(16)7-13(20)19-14/h4-8,17H,3H2,1-2H3,(H3,16,18,19,20). The first-order chi connectivity index (χ1) is 9.99. The van der Waals surface area contributed by atoms with Crippen LogP contribution in [0.5, 0.6) is 0 Å². The molecule has 0 radical (unpaired) electrons. The minimum absolute atomic E-state index is 0.187. The molecule has 112 valence electrons. The number of benzene rings is 1. The molecular formula is C14H17ClN4OS. The Morgan fingerprint density at radius 2 is 2.24 bits per heavy atom. The number of nitrogens with one attached hydrogen (secondary N) is 2. The van der Waals surface area contributed by atoms with Gasteiger partial charge in [-0.2, -0.15) is 0 Å². The van der Waals surface area contributed by atoms with Gasteiger partial charge in [0.1, 0.15) is 5.82 Å². The number of aromatic amines is 1. The maximum Gasteiger partial charge on any atom is 0.253 e. The smallest absolute Gasteiger partial charge is 0.253 e. The van der Waals surface area contributed by atoms with Crippen molar-refractivity contribution in [2.24, 2.45) is 0 Å². The summed E-state index contributed by atoms with van der Waals surface area (Å²) in [6.07, 6.45) is 0. The van der Waals surface area contributed by atoms with Gasteiger partial charge in [-0.05, 0) is 31.2 Å². The van der Waals surface area contributed by atoms with Crippen molar-refractivity contribution in [2.75, 3.05) is 12.3 Å². The van der Waals surface area contributed by atoms with E-state index in [0.29, 0.717) is 10.2 Å². The van der Waals surface area contributed by atoms with Gasteiger partial charge >= 0.3 is 0 Å². The van der Waals surface area contributed by atoms with Gasteiger partial charge in [-0.1, -0.05) is 36.4 Å². The average Bonchev–Trinajstić information content (AvgIpc) is 2.37. The van der Waals surface area contributed by atoms with Crippen molar-refractivity contribution in [1.29, 1.82) is 0 Å². The average molecular weight is 325 g/mol. The third-order valence-electron chi connectivity index (χ3n) is 2.90. The second-order valence-corrected chi connectivity index (χ2v) is 6.01. The third-order valence-corrected chi connectivity index (χ3v) is 4.11. The van der Waals surface area contributed by atoms with E-state index in [1.165, 1.54) is 17.8 Å². The molecule has 21 heavy (non-hydrogen) atoms. The fourth-order valence-corrected chi connectivity index (χ4v) is 3.20. The van der Waals surface area contributed by atoms with Crippen LogP contribution in [-0.4, -0.2) is 16.5 Å². The monoisotopic (exact) mass is 324 g/mol. The summed E-state index contributed by atoms with van der Waals surface area (Å²) in [7, 11) is 0. The Morgan fingerprint density at radius 3 is 2.86 bits per heavy atom. The fourth-order valence-electron chi connectivity index (χ4n) is 1.95. The molecule has 7 heteroatoms. The molecule has 0 spiro atoms. The van der Waals surface area contributed by atoms with Gasteiger partial charge in [0.05, 0.1) is 0 Å². The van der Waals surface area contributed by atoms with Crippen LogP contribution >= 0.6 is 23.4 Å². The van der Waals surface area contributed by atoms with Crippen LogP contribution in [0.2, 0.25) is 5.02 Å². The van der Waals surface area contributed by atoms with Crippen molar-refractivity contribution >= 4 is 29.2 Å². The zero-order valence-corrected chi connectivity index (χ0v) is 13.4. The van der Waals surface area contributed by atoms with Crippen molar-refractivity contribution in [3.05, 3.63) is 45.2 Å². The van der Waals surface area contributed by atoms with E-state index in [0.717, 1.165) is 17.0 Å². The summed E-state index contributed by atoms with van der Waals surface area (Å²) in [6, 6.07) is 7.22. The van der Waals surface area contributed by atoms with Crippen LogP contribution in [0, 0.1) is 0 Å². The number of halogens is 1. The Labute approximate surface area is 132 Å². The summed E-state index contributed by atoms with van der Waals surface area (Å²) >= 11 is 7.63. The van der Waals surface area contributed by atoms with Crippen LogP contribution < -0.4 is 16.6 Å². The first-order valence-electron chi connectivity index (χ1n) is 6.57. The van der Waals surface area contributed by atoms with Crippen molar-refractivity contribution < 1.29 is 0 Å². The number of nitrogens with two attached hydrogens (primary N) is 1. The predicted molar refractivity (Wildman–Crippen MR) is 86.9 cm³/mol. The van der Waals surface area contributed by atoms with E-state index >= 15 is 0 Å². The van der Waals surface area contributed by atoms with Gasteiger partial charge < -0.3 is 16.0 Å². The topological polar surface area (TPSA) is 83.8 Å². The summed E-state index contributed by atoms with van der Waals surface area (Å²) in [5.74, 6) is 0.199. The highest BCUT2D eigenvalue weighted by Gasteiger charge is 2.10. The van der Waals surface area contributed by atoms with Gasteiger partial charge in [0, 0.05) is 22.0 Å². The van der Waals surface area contributed by atoms with Crippen molar-refractivity contribution in [3.63, 3.8) is 0 Å². The van der Waals surface area contributed by atoms with Gasteiger partial charge in [0.25, 0.3) is 5.56 Å². The van der Waals surface area contributed by atoms with Gasteiger partial charge in [-0.15, -0.1) is 0 Å². The molecule has 5 nitrogen and oxygen atoms in total. The number of H-pyrrole nitrogens is 1. The summed E-state index contributed by atoms with van der Waals surface area (Å²) < 4.78 is 0. The van der Waals surface area contributed by atoms with E-state index in [1.54, 1.807) is 0 Å². The van der Waals surface area contributed by atoms with E-state index in [2.05, 4.69) is 29.1 Å². The molecule has 1 heterocycles. The van der Waals surface area contributed by atoms with Gasteiger partial charge in [-0.3, -0.25) is 4.79 Å². The summed E-state index contributed by atoms with van der Waals surface area (Å²) in [6.45, 7) is 4.99. The van der Waals surface area contributed by atoms with Gasteiger partial charge in [0.2, 0.25) is 0 Å². The molecule has 0 fully saturated rings. The molecule has 0 bridgehead atoms. The second kappa shape index (κ2) is 6.98. The second-order valence-electron chi connectivity index (χ2n) is 4.54. The van der Waals surface area contributed by atoms with Crippen LogP contribution in [0.15, 0.2) is 39.1 Å². The Morgan fingerprint density at radius 1 is 1.48 bits per heavy atom. The number of rotatable bonds is 5. The zero-order chi connectivity index (χ0) is 15.4. The predicted octanol–water partition coefficient (Wildman–Crippen LogP) is 2.83. The molecule has 0 aliphatic carbocycles. The highest BCUT2D eigenvalue weighted by atomic mass is 35.5. The minimum atomic E-state index is -0.270. The maximum absolute atomic E-state index is 11.4. The van der Waals surface area contributed by atoms with Gasteiger partial charge in [-0.25, -0.2) is 4.98 Å². The molecule has 0 amide bonds. The third kappa shape index (κ3) is 4.23. The minimum Gasteiger partial charge on any atom is -0.383 e. The number of nitrogen functional groups attached to an aromatic ring is 1. The Hall–Kier alpha value is -1.50. The number of hydrogen-bond acceptors (Lipinski definition) is 5. The molecule has 0 saturated carbocycles. The number of hydrogen-bond donors (Lipinski definition) is 3. The fraction of sp³-hybridized carbons (Fsp3) is 0.286. The van der Waals surface area contributed by atoms with E-state index in [1.807, 2.05) is 18.2 Å². The number of nitrogens with zero attached hydrogens (tertiary/aromatic N) is 1. The molecule has 1 unspecified atom stereocenters. The molecule has 0 aliphatic heterocycles. The van der Waals surface area contributed by atoms with Crippen molar-refractivity contribution in [3.8, 4) is 0 Å². The molecular weight excluding hydrogens is 308 g/mol. The Kier molecular flexibility index (Phi) is 5.27. The first kappa shape index (κ1) is 15.9. The zero-order valence-electron chi connectivity index (χ0n) is 11.8. The van der Waals surface area contributed by atoms with Gasteiger partial charge in [0.15, 0.2) is 5.16 Å². The van der Waals surface area contributed by atoms with Crippen LogP contribution in [0.4, 0.5) is 5.82 Å².